The summed E-state index contributed by atoms with van der Waals surface area (Å²) < 4.78 is 65.0. The third-order valence-electron chi connectivity index (χ3n) is 3.12. The molecular weight excluding hydrogens is 395 g/mol. The Balaban J connectivity index is 2.26. The Bertz CT molecular complexity index is 929. The monoisotopic (exact) mass is 407 g/mol. The van der Waals surface area contributed by atoms with Gasteiger partial charge in [0, 0.05) is 11.8 Å². The van der Waals surface area contributed by atoms with Crippen LogP contribution in [0.3, 0.4) is 0 Å². The summed E-state index contributed by atoms with van der Waals surface area (Å²) in [5.41, 5.74) is -0.0157. The van der Waals surface area contributed by atoms with E-state index in [9.17, 15) is 26.4 Å². The zero-order valence-electron chi connectivity index (χ0n) is 13.3. The number of carbonyl (C=O) groups excluding carboxylic acids is 1. The van der Waals surface area contributed by atoms with Crippen LogP contribution in [0.15, 0.2) is 47.4 Å². The summed E-state index contributed by atoms with van der Waals surface area (Å²) in [4.78, 5) is 12.1. The Morgan fingerprint density at radius 2 is 1.85 bits per heavy atom. The summed E-state index contributed by atoms with van der Waals surface area (Å²) in [5.74, 6) is -0.898. The molecule has 2 aromatic rings. The van der Waals surface area contributed by atoms with Crippen LogP contribution in [0.2, 0.25) is 5.02 Å². The van der Waals surface area contributed by atoms with Gasteiger partial charge < -0.3 is 10.1 Å². The number of amides is 1. The summed E-state index contributed by atoms with van der Waals surface area (Å²) in [7, 11) is -3.66. The van der Waals surface area contributed by atoms with Crippen LogP contribution in [0.25, 0.3) is 0 Å². The van der Waals surface area contributed by atoms with Gasteiger partial charge in [-0.3, -0.25) is 4.79 Å². The first-order chi connectivity index (χ1) is 12.0. The van der Waals surface area contributed by atoms with Crippen molar-refractivity contribution in [2.24, 2.45) is 0 Å². The van der Waals surface area contributed by atoms with Crippen LogP contribution < -0.4 is 10.1 Å². The molecule has 0 aliphatic rings. The molecule has 1 amide bonds. The minimum atomic E-state index is -4.53. The van der Waals surface area contributed by atoms with Gasteiger partial charge in [0.05, 0.1) is 15.6 Å². The molecule has 140 valence electrons. The minimum Gasteiger partial charge on any atom is -0.482 e. The fourth-order valence-electron chi connectivity index (χ4n) is 1.98. The number of carbonyl (C=O) groups is 1. The molecule has 0 aliphatic carbocycles. The van der Waals surface area contributed by atoms with E-state index in [4.69, 9.17) is 11.6 Å². The number of halogens is 4. The molecular formula is C16H13ClF3NO4S. The van der Waals surface area contributed by atoms with Gasteiger partial charge in [-0.25, -0.2) is 8.42 Å². The third kappa shape index (κ3) is 5.37. The number of para-hydroxylation sites is 2. The van der Waals surface area contributed by atoms with Crippen LogP contribution in [-0.2, 0) is 9.84 Å². The van der Waals surface area contributed by atoms with Crippen molar-refractivity contribution < 1.29 is 31.1 Å². The van der Waals surface area contributed by atoms with Crippen molar-refractivity contribution in [3.8, 4) is 5.75 Å². The maximum atomic E-state index is 12.3. The maximum Gasteiger partial charge on any atom is 0.422 e. The molecule has 2 rings (SSSR count). The predicted octanol–water partition coefficient (Wildman–Crippen LogP) is 3.94. The summed E-state index contributed by atoms with van der Waals surface area (Å²) in [5, 5.41) is 2.35. The second-order valence-corrected chi connectivity index (χ2v) is 7.66. The van der Waals surface area contributed by atoms with E-state index in [1.165, 1.54) is 36.4 Å². The Hall–Kier alpha value is -2.26. The van der Waals surface area contributed by atoms with Crippen LogP contribution in [0.4, 0.5) is 18.9 Å². The van der Waals surface area contributed by atoms with Crippen molar-refractivity contribution in [2.45, 2.75) is 11.1 Å². The highest BCUT2D eigenvalue weighted by molar-refractivity contribution is 7.90. The number of hydrogen-bond acceptors (Lipinski definition) is 4. The van der Waals surface area contributed by atoms with Gasteiger partial charge in [-0.05, 0) is 30.3 Å². The number of rotatable bonds is 5. The van der Waals surface area contributed by atoms with E-state index in [2.05, 4.69) is 10.1 Å². The predicted molar refractivity (Wildman–Crippen MR) is 90.5 cm³/mol. The van der Waals surface area contributed by atoms with Crippen molar-refractivity contribution in [1.29, 1.82) is 0 Å². The van der Waals surface area contributed by atoms with Crippen molar-refractivity contribution in [2.75, 3.05) is 18.2 Å². The van der Waals surface area contributed by atoms with Gasteiger partial charge in [0.15, 0.2) is 16.4 Å². The lowest BCUT2D eigenvalue weighted by Crippen LogP contribution is -2.20. The van der Waals surface area contributed by atoms with Gasteiger partial charge in [-0.1, -0.05) is 23.7 Å². The number of ether oxygens (including phenoxy) is 1. The van der Waals surface area contributed by atoms with E-state index in [0.29, 0.717) is 0 Å². The highest BCUT2D eigenvalue weighted by atomic mass is 35.5. The normalized spacial score (nSPS) is 11.9. The van der Waals surface area contributed by atoms with E-state index < -0.39 is 28.5 Å². The lowest BCUT2D eigenvalue weighted by atomic mass is 10.2. The van der Waals surface area contributed by atoms with Gasteiger partial charge in [0.2, 0.25) is 0 Å². The second kappa shape index (κ2) is 7.55. The average Bonchev–Trinajstić information content (AvgIpc) is 2.52. The summed E-state index contributed by atoms with van der Waals surface area (Å²) in [6.07, 6.45) is -3.59. The van der Waals surface area contributed by atoms with E-state index in [1.54, 1.807) is 0 Å². The molecule has 26 heavy (non-hydrogen) atoms. The molecule has 0 saturated carbocycles. The first kappa shape index (κ1) is 20.1. The minimum absolute atomic E-state index is 0.0117. The van der Waals surface area contributed by atoms with Gasteiger partial charge in [0.1, 0.15) is 5.75 Å². The Morgan fingerprint density at radius 1 is 1.19 bits per heavy atom. The first-order valence-electron chi connectivity index (χ1n) is 7.07. The maximum absolute atomic E-state index is 12.3. The molecule has 0 heterocycles. The third-order valence-corrected chi connectivity index (χ3v) is 4.70. The molecule has 0 aliphatic heterocycles. The lowest BCUT2D eigenvalue weighted by Gasteiger charge is -2.14. The topological polar surface area (TPSA) is 72.5 Å². The standard InChI is InChI=1S/C16H13ClF3NO4S/c1-26(23,24)14-8-10(6-7-11(14)17)15(22)21-12-4-2-3-5-13(12)25-9-16(18,19)20/h2-8H,9H2,1H3,(H,21,22). The largest absolute Gasteiger partial charge is 0.482 e. The molecule has 2 aromatic carbocycles. The SMILES string of the molecule is CS(=O)(=O)c1cc(C(=O)Nc2ccccc2OCC(F)(F)F)ccc1Cl. The van der Waals surface area contributed by atoms with E-state index >= 15 is 0 Å². The van der Waals surface area contributed by atoms with E-state index in [1.807, 2.05) is 0 Å². The number of anilines is 1. The highest BCUT2D eigenvalue weighted by Gasteiger charge is 2.29. The number of benzene rings is 2. The molecule has 10 heteroatoms. The Morgan fingerprint density at radius 3 is 2.46 bits per heavy atom. The number of sulfone groups is 1. The Labute approximate surface area is 152 Å². The number of nitrogens with one attached hydrogen (secondary N) is 1. The smallest absolute Gasteiger partial charge is 0.422 e. The fourth-order valence-corrected chi connectivity index (χ4v) is 3.28. The summed E-state index contributed by atoms with van der Waals surface area (Å²) >= 11 is 5.82. The van der Waals surface area contributed by atoms with Gasteiger partial charge in [0.25, 0.3) is 5.91 Å². The van der Waals surface area contributed by atoms with Crippen LogP contribution in [0.1, 0.15) is 10.4 Å². The lowest BCUT2D eigenvalue weighted by molar-refractivity contribution is -0.153. The van der Waals surface area contributed by atoms with E-state index in [-0.39, 0.29) is 26.9 Å². The second-order valence-electron chi connectivity index (χ2n) is 5.27. The molecule has 0 bridgehead atoms. The first-order valence-corrected chi connectivity index (χ1v) is 9.34. The van der Waals surface area contributed by atoms with Crippen LogP contribution in [-0.4, -0.2) is 33.4 Å². The quantitative estimate of drug-likeness (QED) is 0.815. The van der Waals surface area contributed by atoms with Crippen LogP contribution >= 0.6 is 11.6 Å². The number of hydrogen-bond donors (Lipinski definition) is 1. The molecule has 0 aromatic heterocycles. The molecule has 5 nitrogen and oxygen atoms in total. The molecule has 0 radical (unpaired) electrons. The molecule has 1 N–H and O–H groups in total. The van der Waals surface area contributed by atoms with Crippen molar-refractivity contribution in [3.05, 3.63) is 53.1 Å². The molecule has 0 saturated heterocycles. The summed E-state index contributed by atoms with van der Waals surface area (Å²) in [6, 6.07) is 9.21. The van der Waals surface area contributed by atoms with Crippen molar-refractivity contribution in [3.63, 3.8) is 0 Å². The average molecular weight is 408 g/mol. The number of alkyl halides is 3. The van der Waals surface area contributed by atoms with Gasteiger partial charge in [-0.15, -0.1) is 0 Å². The van der Waals surface area contributed by atoms with Crippen molar-refractivity contribution in [1.82, 2.24) is 0 Å². The van der Waals surface area contributed by atoms with Crippen LogP contribution in [0.5, 0.6) is 5.75 Å². The molecule has 0 fully saturated rings. The molecule has 0 spiro atoms. The van der Waals surface area contributed by atoms with Crippen LogP contribution in [0, 0.1) is 0 Å². The van der Waals surface area contributed by atoms with Crippen molar-refractivity contribution >= 4 is 33.0 Å². The van der Waals surface area contributed by atoms with Gasteiger partial charge >= 0.3 is 6.18 Å². The molecule has 0 unspecified atom stereocenters. The zero-order valence-corrected chi connectivity index (χ0v) is 14.9. The summed E-state index contributed by atoms with van der Waals surface area (Å²) in [6.45, 7) is -1.51. The highest BCUT2D eigenvalue weighted by Crippen LogP contribution is 2.28. The molecule has 0 atom stereocenters. The fraction of sp³-hybridized carbons (Fsp3) is 0.188. The van der Waals surface area contributed by atoms with E-state index in [0.717, 1.165) is 12.3 Å². The zero-order chi connectivity index (χ0) is 19.5. The van der Waals surface area contributed by atoms with Gasteiger partial charge in [-0.2, -0.15) is 13.2 Å². The Kier molecular flexibility index (Phi) is 5.82.